The lowest BCUT2D eigenvalue weighted by Gasteiger charge is -2.34. The number of amides is 1. The number of hydrogen-bond acceptors (Lipinski definition) is 4. The molecule has 0 aliphatic heterocycles. The fraction of sp³-hybridized carbons (Fsp3) is 0.900. The van der Waals surface area contributed by atoms with Gasteiger partial charge in [0.25, 0.3) is 0 Å². The highest BCUT2D eigenvalue weighted by Crippen LogP contribution is 2.30. The van der Waals surface area contributed by atoms with Gasteiger partial charge in [-0.2, -0.15) is 0 Å². The molecular weight excluding hydrogens is 570 g/mol. The minimum atomic E-state index is -1.32. The van der Waals surface area contributed by atoms with Crippen LogP contribution >= 0.6 is 0 Å². The Labute approximate surface area is 286 Å². The Kier molecular flexibility index (Phi) is 32.5. The third-order valence-electron chi connectivity index (χ3n) is 9.89. The number of nitrogens with one attached hydrogen (secondary N) is 1. The van der Waals surface area contributed by atoms with Crippen molar-refractivity contribution in [3.05, 3.63) is 12.2 Å². The van der Waals surface area contributed by atoms with Crippen molar-refractivity contribution in [2.24, 2.45) is 17.4 Å². The summed E-state index contributed by atoms with van der Waals surface area (Å²) in [5.74, 6) is -1.30. The van der Waals surface area contributed by atoms with Crippen LogP contribution < -0.4 is 16.8 Å². The van der Waals surface area contributed by atoms with E-state index in [0.717, 1.165) is 44.9 Å². The fourth-order valence-corrected chi connectivity index (χ4v) is 6.67. The topological polar surface area (TPSA) is 118 Å². The van der Waals surface area contributed by atoms with Gasteiger partial charge in [-0.25, -0.2) is 0 Å². The second-order valence-corrected chi connectivity index (χ2v) is 14.1. The van der Waals surface area contributed by atoms with Gasteiger partial charge in [-0.15, -0.1) is 0 Å². The Morgan fingerprint density at radius 3 is 1.30 bits per heavy atom. The Hall–Kier alpha value is -1.40. The van der Waals surface area contributed by atoms with Gasteiger partial charge < -0.3 is 21.9 Å². The van der Waals surface area contributed by atoms with Crippen molar-refractivity contribution >= 4 is 11.9 Å². The van der Waals surface area contributed by atoms with E-state index in [4.69, 9.17) is 11.5 Å². The standard InChI is InChI=1S/C40H79N3O3/c1-3-5-7-9-11-13-15-17-19-21-23-25-27-29-31-33-37(40(42,39(45)46)34-35-43-38(44)36-41)32-30-28-26-24-22-20-18-16-14-12-10-8-6-4-2/h17,19,37H,3-16,18,20-36,41-42H2,1-2H3,(H,43,44)(H,45,46)/b19-17-. The zero-order valence-corrected chi connectivity index (χ0v) is 30.8. The maximum atomic E-state index is 12.4. The molecule has 0 aromatic rings. The molecule has 46 heavy (non-hydrogen) atoms. The summed E-state index contributed by atoms with van der Waals surface area (Å²) in [6, 6.07) is 0. The molecule has 0 radical (unpaired) electrons. The van der Waals surface area contributed by atoms with E-state index in [9.17, 15) is 14.7 Å². The average Bonchev–Trinajstić information content (AvgIpc) is 3.05. The van der Waals surface area contributed by atoms with E-state index in [1.807, 2.05) is 0 Å². The van der Waals surface area contributed by atoms with E-state index >= 15 is 0 Å². The molecule has 0 bridgehead atoms. The monoisotopic (exact) mass is 650 g/mol. The van der Waals surface area contributed by atoms with Crippen molar-refractivity contribution in [2.75, 3.05) is 13.1 Å². The van der Waals surface area contributed by atoms with Crippen LogP contribution in [0.5, 0.6) is 0 Å². The van der Waals surface area contributed by atoms with E-state index in [1.165, 1.54) is 141 Å². The van der Waals surface area contributed by atoms with Gasteiger partial charge in [0.05, 0.1) is 6.54 Å². The molecule has 0 aromatic carbocycles. The van der Waals surface area contributed by atoms with Gasteiger partial charge in [-0.3, -0.25) is 9.59 Å². The molecule has 1 amide bonds. The van der Waals surface area contributed by atoms with Crippen molar-refractivity contribution in [1.82, 2.24) is 5.32 Å². The zero-order chi connectivity index (χ0) is 34.0. The van der Waals surface area contributed by atoms with Crippen LogP contribution in [-0.4, -0.2) is 35.6 Å². The summed E-state index contributed by atoms with van der Waals surface area (Å²) in [7, 11) is 0. The van der Waals surface area contributed by atoms with Gasteiger partial charge in [0.1, 0.15) is 5.54 Å². The van der Waals surface area contributed by atoms with Crippen LogP contribution in [0.4, 0.5) is 0 Å². The SMILES string of the molecule is CCCCCCCC/C=C\CCCCCCCC(CCCCCCCCCCCCCCCC)C(N)(CCNC(=O)CN)C(=O)O. The van der Waals surface area contributed by atoms with Crippen LogP contribution in [0, 0.1) is 5.92 Å². The third kappa shape index (κ3) is 26.6. The summed E-state index contributed by atoms with van der Waals surface area (Å²) in [6.45, 7) is 4.69. The molecule has 0 aromatic heterocycles. The quantitative estimate of drug-likeness (QED) is 0.0398. The Morgan fingerprint density at radius 2 is 0.957 bits per heavy atom. The van der Waals surface area contributed by atoms with Gasteiger partial charge in [-0.1, -0.05) is 174 Å². The van der Waals surface area contributed by atoms with E-state index in [1.54, 1.807) is 0 Å². The molecule has 2 atom stereocenters. The van der Waals surface area contributed by atoms with Gasteiger partial charge in [0.2, 0.25) is 5.91 Å². The number of nitrogens with two attached hydrogens (primary N) is 2. The molecule has 0 saturated heterocycles. The minimum absolute atomic E-state index is 0.0815. The second-order valence-electron chi connectivity index (χ2n) is 14.1. The molecule has 0 aliphatic rings. The lowest BCUT2D eigenvalue weighted by atomic mass is 9.76. The van der Waals surface area contributed by atoms with Crippen LogP contribution in [0.2, 0.25) is 0 Å². The first-order valence-electron chi connectivity index (χ1n) is 20.1. The number of hydrogen-bond donors (Lipinski definition) is 4. The minimum Gasteiger partial charge on any atom is -0.480 e. The van der Waals surface area contributed by atoms with Crippen LogP contribution in [0.25, 0.3) is 0 Å². The summed E-state index contributed by atoms with van der Waals surface area (Å²) in [5.41, 5.74) is 10.7. The average molecular weight is 650 g/mol. The maximum Gasteiger partial charge on any atom is 0.324 e. The van der Waals surface area contributed by atoms with Gasteiger partial charge in [0.15, 0.2) is 0 Å². The number of carbonyl (C=O) groups is 2. The first-order valence-corrected chi connectivity index (χ1v) is 20.1. The lowest BCUT2D eigenvalue weighted by Crippen LogP contribution is -2.56. The Bertz CT molecular complexity index is 714. The number of carboxylic acids is 1. The predicted molar refractivity (Wildman–Crippen MR) is 199 cm³/mol. The highest BCUT2D eigenvalue weighted by molar-refractivity contribution is 5.80. The maximum absolute atomic E-state index is 12.4. The number of allylic oxidation sites excluding steroid dienone is 2. The van der Waals surface area contributed by atoms with Crippen molar-refractivity contribution in [3.8, 4) is 0 Å². The fourth-order valence-electron chi connectivity index (χ4n) is 6.67. The summed E-state index contributed by atoms with van der Waals surface area (Å²) >= 11 is 0. The molecule has 6 nitrogen and oxygen atoms in total. The Balaban J connectivity index is 4.39. The summed E-state index contributed by atoms with van der Waals surface area (Å²) in [6.07, 6.45) is 41.3. The number of rotatable bonds is 36. The van der Waals surface area contributed by atoms with E-state index in [0.29, 0.717) is 0 Å². The van der Waals surface area contributed by atoms with Crippen LogP contribution in [0.15, 0.2) is 12.2 Å². The summed E-state index contributed by atoms with van der Waals surface area (Å²) < 4.78 is 0. The molecule has 6 heteroatoms. The molecule has 0 rings (SSSR count). The predicted octanol–water partition coefficient (Wildman–Crippen LogP) is 10.8. The Morgan fingerprint density at radius 1 is 0.609 bits per heavy atom. The largest absolute Gasteiger partial charge is 0.480 e. The molecular formula is C40H79N3O3. The number of carboxylic acid groups (broad SMARTS) is 1. The number of aliphatic carboxylic acids is 1. The molecule has 0 saturated carbocycles. The van der Waals surface area contributed by atoms with E-state index in [-0.39, 0.29) is 31.3 Å². The first kappa shape index (κ1) is 44.6. The van der Waals surface area contributed by atoms with Crippen LogP contribution in [-0.2, 0) is 9.59 Å². The lowest BCUT2D eigenvalue weighted by molar-refractivity contribution is -0.146. The summed E-state index contributed by atoms with van der Waals surface area (Å²) in [5, 5.41) is 12.9. The van der Waals surface area contributed by atoms with Crippen molar-refractivity contribution in [2.45, 2.75) is 212 Å². The van der Waals surface area contributed by atoms with Crippen molar-refractivity contribution in [3.63, 3.8) is 0 Å². The molecule has 0 fully saturated rings. The molecule has 2 unspecified atom stereocenters. The highest BCUT2D eigenvalue weighted by atomic mass is 16.4. The van der Waals surface area contributed by atoms with E-state index < -0.39 is 11.5 Å². The third-order valence-corrected chi connectivity index (χ3v) is 9.89. The smallest absolute Gasteiger partial charge is 0.324 e. The first-order chi connectivity index (χ1) is 22.4. The highest BCUT2D eigenvalue weighted by Gasteiger charge is 2.41. The van der Waals surface area contributed by atoms with Crippen molar-refractivity contribution < 1.29 is 14.7 Å². The zero-order valence-electron chi connectivity index (χ0n) is 30.8. The van der Waals surface area contributed by atoms with Crippen molar-refractivity contribution in [1.29, 1.82) is 0 Å². The van der Waals surface area contributed by atoms with Gasteiger partial charge in [0, 0.05) is 6.54 Å². The van der Waals surface area contributed by atoms with E-state index in [2.05, 4.69) is 31.3 Å². The molecule has 6 N–H and O–H groups in total. The second kappa shape index (κ2) is 33.5. The van der Waals surface area contributed by atoms with Crippen LogP contribution in [0.3, 0.4) is 0 Å². The van der Waals surface area contributed by atoms with Gasteiger partial charge in [-0.05, 0) is 50.9 Å². The number of unbranched alkanes of at least 4 members (excludes halogenated alkanes) is 24. The normalized spacial score (nSPS) is 13.7. The molecule has 0 heterocycles. The number of carbonyl (C=O) groups excluding carboxylic acids is 1. The van der Waals surface area contributed by atoms with Crippen LogP contribution in [0.1, 0.15) is 206 Å². The van der Waals surface area contributed by atoms with Gasteiger partial charge >= 0.3 is 5.97 Å². The molecule has 0 spiro atoms. The summed E-state index contributed by atoms with van der Waals surface area (Å²) in [4.78, 5) is 24.1. The molecule has 0 aliphatic carbocycles. The molecule has 272 valence electrons.